The van der Waals surface area contributed by atoms with Crippen LogP contribution in [0.5, 0.6) is 0 Å². The van der Waals surface area contributed by atoms with Crippen molar-refractivity contribution in [2.75, 3.05) is 24.7 Å². The lowest BCUT2D eigenvalue weighted by atomic mass is 10.2. The molecule has 0 heterocycles. The second-order valence-corrected chi connectivity index (χ2v) is 8.60. The maximum Gasteiger partial charge on any atom is 0.331 e. The number of rotatable bonds is 16. The van der Waals surface area contributed by atoms with Gasteiger partial charge in [-0.25, -0.2) is 9.59 Å². The number of esters is 2. The molecular formula is C20H32O4S2. The molecule has 6 heteroatoms. The van der Waals surface area contributed by atoms with E-state index in [0.717, 1.165) is 49.3 Å². The van der Waals surface area contributed by atoms with Crippen molar-refractivity contribution in [2.24, 2.45) is 0 Å². The summed E-state index contributed by atoms with van der Waals surface area (Å²) in [5.41, 5.74) is 0. The fraction of sp³-hybridized carbons (Fsp3) is 0.600. The first-order chi connectivity index (χ1) is 12.6. The summed E-state index contributed by atoms with van der Waals surface area (Å²) in [6, 6.07) is 0. The van der Waals surface area contributed by atoms with Crippen LogP contribution in [0.4, 0.5) is 0 Å². The van der Waals surface area contributed by atoms with Crippen molar-refractivity contribution >= 4 is 35.5 Å². The summed E-state index contributed by atoms with van der Waals surface area (Å²) in [6.07, 6.45) is 9.33. The standard InChI is InChI=1S/C20H32O4S2/c1-5-9-17(25-7-3)13-15-23-19(21)11-12-20(22)24-16-14-18(10-6-2)26-8-4/h5-6,11-12,17-18H,1-2,7-10,13-16H2,3-4H3/b12-11-. The van der Waals surface area contributed by atoms with Crippen molar-refractivity contribution in [3.63, 3.8) is 0 Å². The molecule has 0 aromatic heterocycles. The fourth-order valence-corrected chi connectivity index (χ4v) is 4.21. The third-order valence-electron chi connectivity index (χ3n) is 3.39. The summed E-state index contributed by atoms with van der Waals surface area (Å²) in [6.45, 7) is 12.3. The minimum Gasteiger partial charge on any atom is -0.462 e. The Hall–Kier alpha value is -1.14. The summed E-state index contributed by atoms with van der Waals surface area (Å²) in [5.74, 6) is 0.990. The maximum atomic E-state index is 11.6. The van der Waals surface area contributed by atoms with Crippen LogP contribution in [0.15, 0.2) is 37.5 Å². The Balaban J connectivity index is 4.01. The van der Waals surface area contributed by atoms with Crippen LogP contribution >= 0.6 is 23.5 Å². The maximum absolute atomic E-state index is 11.6. The van der Waals surface area contributed by atoms with Gasteiger partial charge in [0.1, 0.15) is 0 Å². The van der Waals surface area contributed by atoms with Crippen molar-refractivity contribution in [1.82, 2.24) is 0 Å². The predicted molar refractivity (Wildman–Crippen MR) is 114 cm³/mol. The van der Waals surface area contributed by atoms with Crippen LogP contribution in [-0.2, 0) is 19.1 Å². The average molecular weight is 401 g/mol. The van der Waals surface area contributed by atoms with E-state index in [1.54, 1.807) is 0 Å². The largest absolute Gasteiger partial charge is 0.462 e. The zero-order chi connectivity index (χ0) is 19.6. The highest BCUT2D eigenvalue weighted by Crippen LogP contribution is 2.19. The highest BCUT2D eigenvalue weighted by molar-refractivity contribution is 8.00. The summed E-state index contributed by atoms with van der Waals surface area (Å²) in [4.78, 5) is 23.3. The zero-order valence-corrected chi connectivity index (χ0v) is 17.6. The van der Waals surface area contributed by atoms with Gasteiger partial charge in [-0.2, -0.15) is 23.5 Å². The molecule has 0 saturated carbocycles. The van der Waals surface area contributed by atoms with Crippen LogP contribution in [0, 0.1) is 0 Å². The normalized spacial score (nSPS) is 13.2. The van der Waals surface area contributed by atoms with Gasteiger partial charge in [-0.05, 0) is 37.2 Å². The van der Waals surface area contributed by atoms with E-state index in [1.807, 2.05) is 35.7 Å². The van der Waals surface area contributed by atoms with E-state index in [4.69, 9.17) is 9.47 Å². The van der Waals surface area contributed by atoms with Crippen LogP contribution in [0.25, 0.3) is 0 Å². The first-order valence-corrected chi connectivity index (χ1v) is 11.1. The van der Waals surface area contributed by atoms with E-state index in [-0.39, 0.29) is 0 Å². The van der Waals surface area contributed by atoms with Gasteiger partial charge < -0.3 is 9.47 Å². The van der Waals surface area contributed by atoms with Crippen LogP contribution < -0.4 is 0 Å². The summed E-state index contributed by atoms with van der Waals surface area (Å²) < 4.78 is 10.3. The van der Waals surface area contributed by atoms with Gasteiger partial charge in [0.25, 0.3) is 0 Å². The van der Waals surface area contributed by atoms with Gasteiger partial charge in [0.2, 0.25) is 0 Å². The average Bonchev–Trinajstić information content (AvgIpc) is 2.60. The monoisotopic (exact) mass is 400 g/mol. The van der Waals surface area contributed by atoms with Gasteiger partial charge in [-0.3, -0.25) is 0 Å². The van der Waals surface area contributed by atoms with Crippen molar-refractivity contribution < 1.29 is 19.1 Å². The van der Waals surface area contributed by atoms with Crippen LogP contribution in [-0.4, -0.2) is 47.2 Å². The fourth-order valence-electron chi connectivity index (χ4n) is 2.20. The number of carbonyl (C=O) groups excluding carboxylic acids is 2. The minimum absolute atomic E-state index is 0.335. The Kier molecular flexibility index (Phi) is 16.5. The molecule has 148 valence electrons. The SMILES string of the molecule is C=CCC(CCOC(=O)/C=C\C(=O)OCCC(CC=C)SCC)SCC. The van der Waals surface area contributed by atoms with Crippen LogP contribution in [0.3, 0.4) is 0 Å². The van der Waals surface area contributed by atoms with Gasteiger partial charge in [0, 0.05) is 22.7 Å². The summed E-state index contributed by atoms with van der Waals surface area (Å²) >= 11 is 3.65. The molecule has 26 heavy (non-hydrogen) atoms. The topological polar surface area (TPSA) is 52.6 Å². The predicted octanol–water partition coefficient (Wildman–Crippen LogP) is 4.80. The summed E-state index contributed by atoms with van der Waals surface area (Å²) in [7, 11) is 0. The Labute approximate surface area is 166 Å². The van der Waals surface area contributed by atoms with E-state index in [9.17, 15) is 9.59 Å². The number of carbonyl (C=O) groups is 2. The zero-order valence-electron chi connectivity index (χ0n) is 16.0. The minimum atomic E-state index is -0.521. The van der Waals surface area contributed by atoms with E-state index in [0.29, 0.717) is 23.7 Å². The van der Waals surface area contributed by atoms with Crippen LogP contribution in [0.1, 0.15) is 39.5 Å². The van der Waals surface area contributed by atoms with Gasteiger partial charge in [0.15, 0.2) is 0 Å². The molecule has 0 radical (unpaired) electrons. The van der Waals surface area contributed by atoms with Crippen molar-refractivity contribution in [3.05, 3.63) is 37.5 Å². The smallest absolute Gasteiger partial charge is 0.331 e. The van der Waals surface area contributed by atoms with Gasteiger partial charge in [0.05, 0.1) is 13.2 Å². The number of ether oxygens (including phenoxy) is 2. The molecular weight excluding hydrogens is 368 g/mol. The first kappa shape index (κ1) is 24.9. The molecule has 2 atom stereocenters. The molecule has 0 aromatic rings. The third-order valence-corrected chi connectivity index (χ3v) is 5.85. The van der Waals surface area contributed by atoms with Crippen molar-refractivity contribution in [2.45, 2.75) is 50.0 Å². The molecule has 0 N–H and O–H groups in total. The molecule has 0 rings (SSSR count). The molecule has 0 saturated heterocycles. The second kappa shape index (κ2) is 17.3. The second-order valence-electron chi connectivity index (χ2n) is 5.45. The van der Waals surface area contributed by atoms with E-state index < -0.39 is 11.9 Å². The van der Waals surface area contributed by atoms with E-state index >= 15 is 0 Å². The Bertz CT molecular complexity index is 409. The highest BCUT2D eigenvalue weighted by atomic mass is 32.2. The van der Waals surface area contributed by atoms with Crippen LogP contribution in [0.2, 0.25) is 0 Å². The van der Waals surface area contributed by atoms with Gasteiger partial charge >= 0.3 is 11.9 Å². The summed E-state index contributed by atoms with van der Waals surface area (Å²) in [5, 5.41) is 0.812. The number of hydrogen-bond acceptors (Lipinski definition) is 6. The molecule has 0 aliphatic rings. The Morgan fingerprint density at radius 2 is 1.23 bits per heavy atom. The van der Waals surface area contributed by atoms with Crippen molar-refractivity contribution in [3.8, 4) is 0 Å². The van der Waals surface area contributed by atoms with E-state index in [1.165, 1.54) is 0 Å². The molecule has 0 bridgehead atoms. The molecule has 2 unspecified atom stereocenters. The molecule has 0 fully saturated rings. The molecule has 0 aromatic carbocycles. The third kappa shape index (κ3) is 14.1. The Morgan fingerprint density at radius 1 is 0.846 bits per heavy atom. The molecule has 0 amide bonds. The lowest BCUT2D eigenvalue weighted by molar-refractivity contribution is -0.140. The lowest BCUT2D eigenvalue weighted by Gasteiger charge is -2.13. The lowest BCUT2D eigenvalue weighted by Crippen LogP contribution is -2.12. The number of allylic oxidation sites excluding steroid dienone is 2. The van der Waals surface area contributed by atoms with E-state index in [2.05, 4.69) is 27.0 Å². The van der Waals surface area contributed by atoms with Gasteiger partial charge in [-0.1, -0.05) is 26.0 Å². The van der Waals surface area contributed by atoms with Gasteiger partial charge in [-0.15, -0.1) is 13.2 Å². The van der Waals surface area contributed by atoms with Crippen molar-refractivity contribution in [1.29, 1.82) is 0 Å². The number of thioether (sulfide) groups is 2. The molecule has 0 aliphatic carbocycles. The molecule has 4 nitrogen and oxygen atoms in total. The number of hydrogen-bond donors (Lipinski definition) is 0. The highest BCUT2D eigenvalue weighted by Gasteiger charge is 2.09. The quantitative estimate of drug-likeness (QED) is 0.211. The Morgan fingerprint density at radius 3 is 1.54 bits per heavy atom. The molecule has 0 aliphatic heterocycles. The first-order valence-electron chi connectivity index (χ1n) is 9.03. The molecule has 0 spiro atoms.